The zero-order chi connectivity index (χ0) is 14.3. The third kappa shape index (κ3) is 6.04. The monoisotopic (exact) mass is 262 g/mol. The van der Waals surface area contributed by atoms with Crippen molar-refractivity contribution in [1.82, 2.24) is 10.6 Å². The van der Waals surface area contributed by atoms with E-state index in [9.17, 15) is 9.59 Å². The van der Waals surface area contributed by atoms with Crippen LogP contribution in [0.25, 0.3) is 0 Å². The topological polar surface area (TPSA) is 58.2 Å². The highest BCUT2D eigenvalue weighted by molar-refractivity contribution is 5.86. The van der Waals surface area contributed by atoms with E-state index in [1.54, 1.807) is 6.92 Å². The summed E-state index contributed by atoms with van der Waals surface area (Å²) in [5.41, 5.74) is 1.26. The summed E-state index contributed by atoms with van der Waals surface area (Å²) < 4.78 is 0. The summed E-state index contributed by atoms with van der Waals surface area (Å²) >= 11 is 0. The molecule has 0 aliphatic heterocycles. The molecule has 1 rings (SSSR count). The third-order valence-corrected chi connectivity index (χ3v) is 2.91. The quantitative estimate of drug-likeness (QED) is 0.819. The molecule has 19 heavy (non-hydrogen) atoms. The van der Waals surface area contributed by atoms with Gasteiger partial charge in [0.15, 0.2) is 0 Å². The van der Waals surface area contributed by atoms with E-state index in [0.717, 1.165) is 12.8 Å². The molecule has 2 N–H and O–H groups in total. The van der Waals surface area contributed by atoms with Gasteiger partial charge in [0.2, 0.25) is 11.8 Å². The lowest BCUT2D eigenvalue weighted by Crippen LogP contribution is -2.46. The molecule has 0 heterocycles. The molecule has 4 heteroatoms. The Morgan fingerprint density at radius 3 is 2.32 bits per heavy atom. The number of carbonyl (C=O) groups is 2. The number of hydrogen-bond donors (Lipinski definition) is 2. The molecule has 0 aliphatic carbocycles. The number of aryl methyl sites for hydroxylation is 1. The van der Waals surface area contributed by atoms with E-state index in [1.807, 2.05) is 25.1 Å². The summed E-state index contributed by atoms with van der Waals surface area (Å²) in [6.45, 7) is 5.06. The van der Waals surface area contributed by atoms with Gasteiger partial charge in [-0.15, -0.1) is 0 Å². The summed E-state index contributed by atoms with van der Waals surface area (Å²) in [6, 6.07) is 9.77. The maximum atomic E-state index is 11.8. The highest BCUT2D eigenvalue weighted by atomic mass is 16.2. The van der Waals surface area contributed by atoms with Crippen LogP contribution >= 0.6 is 0 Å². The van der Waals surface area contributed by atoms with Gasteiger partial charge in [-0.05, 0) is 32.3 Å². The van der Waals surface area contributed by atoms with E-state index in [1.165, 1.54) is 12.5 Å². The molecule has 0 fully saturated rings. The Balaban J connectivity index is 2.32. The fourth-order valence-corrected chi connectivity index (χ4v) is 1.84. The molecule has 0 unspecified atom stereocenters. The summed E-state index contributed by atoms with van der Waals surface area (Å²) in [5.74, 6) is -0.338. The Bertz CT molecular complexity index is 417. The number of amides is 2. The van der Waals surface area contributed by atoms with Gasteiger partial charge in [-0.1, -0.05) is 30.3 Å². The molecule has 104 valence electrons. The van der Waals surface area contributed by atoms with Gasteiger partial charge in [-0.3, -0.25) is 9.59 Å². The second-order valence-corrected chi connectivity index (χ2v) is 4.86. The van der Waals surface area contributed by atoms with E-state index in [2.05, 4.69) is 22.8 Å². The van der Waals surface area contributed by atoms with Crippen molar-refractivity contribution >= 4 is 11.8 Å². The molecule has 2 atom stereocenters. The molecule has 0 aromatic heterocycles. The van der Waals surface area contributed by atoms with Gasteiger partial charge in [0.25, 0.3) is 0 Å². The second-order valence-electron chi connectivity index (χ2n) is 4.86. The molecule has 0 radical (unpaired) electrons. The van der Waals surface area contributed by atoms with Gasteiger partial charge in [-0.25, -0.2) is 0 Å². The van der Waals surface area contributed by atoms with Crippen LogP contribution in [0.5, 0.6) is 0 Å². The molecular weight excluding hydrogens is 240 g/mol. The van der Waals surface area contributed by atoms with E-state index in [-0.39, 0.29) is 17.9 Å². The standard InChI is InChI=1S/C15H22N2O2/c1-11(9-10-14-7-5-4-6-8-14)16-15(19)12(2)17-13(3)18/h4-8,11-12H,9-10H2,1-3H3,(H,16,19)(H,17,18)/t11-,12-/m1/s1. The van der Waals surface area contributed by atoms with Crippen LogP contribution < -0.4 is 10.6 Å². The minimum absolute atomic E-state index is 0.0870. The van der Waals surface area contributed by atoms with Gasteiger partial charge in [0, 0.05) is 13.0 Å². The van der Waals surface area contributed by atoms with Crippen molar-refractivity contribution in [2.24, 2.45) is 0 Å². The van der Waals surface area contributed by atoms with Gasteiger partial charge in [-0.2, -0.15) is 0 Å². The zero-order valence-corrected chi connectivity index (χ0v) is 11.8. The first-order valence-corrected chi connectivity index (χ1v) is 6.60. The lowest BCUT2D eigenvalue weighted by Gasteiger charge is -2.18. The molecule has 1 aromatic rings. The van der Waals surface area contributed by atoms with E-state index in [4.69, 9.17) is 0 Å². The van der Waals surface area contributed by atoms with E-state index >= 15 is 0 Å². The molecule has 0 saturated carbocycles. The Labute approximate surface area is 114 Å². The first-order chi connectivity index (χ1) is 8.99. The van der Waals surface area contributed by atoms with Crippen LogP contribution in [0.2, 0.25) is 0 Å². The molecule has 0 aliphatic rings. The van der Waals surface area contributed by atoms with Crippen LogP contribution in [0.1, 0.15) is 32.8 Å². The zero-order valence-electron chi connectivity index (χ0n) is 11.8. The SMILES string of the molecule is CC(=O)N[C@H](C)C(=O)N[C@H](C)CCc1ccccc1. The lowest BCUT2D eigenvalue weighted by atomic mass is 10.1. The number of carbonyl (C=O) groups excluding carboxylic acids is 2. The van der Waals surface area contributed by atoms with Crippen molar-refractivity contribution in [2.45, 2.75) is 45.7 Å². The normalized spacial score (nSPS) is 13.4. The molecule has 0 spiro atoms. The molecule has 4 nitrogen and oxygen atoms in total. The molecular formula is C15H22N2O2. The van der Waals surface area contributed by atoms with Crippen molar-refractivity contribution in [3.63, 3.8) is 0 Å². The fourth-order valence-electron chi connectivity index (χ4n) is 1.84. The van der Waals surface area contributed by atoms with Crippen molar-refractivity contribution < 1.29 is 9.59 Å². The number of nitrogens with one attached hydrogen (secondary N) is 2. The predicted octanol–water partition coefficient (Wildman–Crippen LogP) is 1.65. The predicted molar refractivity (Wildman–Crippen MR) is 75.6 cm³/mol. The van der Waals surface area contributed by atoms with Crippen molar-refractivity contribution in [3.05, 3.63) is 35.9 Å². The Morgan fingerprint density at radius 2 is 1.74 bits per heavy atom. The first-order valence-electron chi connectivity index (χ1n) is 6.60. The van der Waals surface area contributed by atoms with E-state index in [0.29, 0.717) is 0 Å². The van der Waals surface area contributed by atoms with Gasteiger partial charge >= 0.3 is 0 Å². The van der Waals surface area contributed by atoms with Crippen molar-refractivity contribution in [1.29, 1.82) is 0 Å². The van der Waals surface area contributed by atoms with Gasteiger partial charge in [0.05, 0.1) is 0 Å². The second kappa shape index (κ2) is 7.56. The van der Waals surface area contributed by atoms with E-state index < -0.39 is 6.04 Å². The Kier molecular flexibility index (Phi) is 6.06. The molecule has 0 bridgehead atoms. The minimum atomic E-state index is -0.489. The van der Waals surface area contributed by atoms with Gasteiger partial charge in [0.1, 0.15) is 6.04 Å². The number of benzene rings is 1. The van der Waals surface area contributed by atoms with Crippen LogP contribution in [0.4, 0.5) is 0 Å². The van der Waals surface area contributed by atoms with Crippen molar-refractivity contribution in [3.8, 4) is 0 Å². The maximum Gasteiger partial charge on any atom is 0.242 e. The Morgan fingerprint density at radius 1 is 1.11 bits per heavy atom. The minimum Gasteiger partial charge on any atom is -0.352 e. The summed E-state index contributed by atoms with van der Waals surface area (Å²) in [5, 5.41) is 5.47. The lowest BCUT2D eigenvalue weighted by molar-refractivity contribution is -0.128. The van der Waals surface area contributed by atoms with Crippen LogP contribution in [-0.4, -0.2) is 23.9 Å². The maximum absolute atomic E-state index is 11.8. The average molecular weight is 262 g/mol. The molecule has 0 saturated heterocycles. The molecule has 2 amide bonds. The third-order valence-electron chi connectivity index (χ3n) is 2.91. The average Bonchev–Trinajstić information content (AvgIpc) is 2.36. The summed E-state index contributed by atoms with van der Waals surface area (Å²) in [4.78, 5) is 22.6. The van der Waals surface area contributed by atoms with Crippen LogP contribution in [0.3, 0.4) is 0 Å². The largest absolute Gasteiger partial charge is 0.352 e. The first kappa shape index (κ1) is 15.2. The summed E-state index contributed by atoms with van der Waals surface area (Å²) in [7, 11) is 0. The smallest absolute Gasteiger partial charge is 0.242 e. The molecule has 1 aromatic carbocycles. The van der Waals surface area contributed by atoms with Gasteiger partial charge < -0.3 is 10.6 Å². The number of hydrogen-bond acceptors (Lipinski definition) is 2. The Hall–Kier alpha value is -1.84. The highest BCUT2D eigenvalue weighted by Crippen LogP contribution is 2.04. The highest BCUT2D eigenvalue weighted by Gasteiger charge is 2.15. The number of rotatable bonds is 6. The van der Waals surface area contributed by atoms with Crippen LogP contribution in [0, 0.1) is 0 Å². The van der Waals surface area contributed by atoms with Crippen LogP contribution in [-0.2, 0) is 16.0 Å². The van der Waals surface area contributed by atoms with Crippen LogP contribution in [0.15, 0.2) is 30.3 Å². The fraction of sp³-hybridized carbons (Fsp3) is 0.467. The van der Waals surface area contributed by atoms with Crippen molar-refractivity contribution in [2.75, 3.05) is 0 Å². The summed E-state index contributed by atoms with van der Waals surface area (Å²) in [6.07, 6.45) is 1.80.